The Morgan fingerprint density at radius 2 is 1.74 bits per heavy atom. The molecule has 5 aromatic rings. The first-order chi connectivity index (χ1) is 17.0. The van der Waals surface area contributed by atoms with Gasteiger partial charge < -0.3 is 13.9 Å². The Labute approximate surface area is 213 Å². The molecule has 2 aromatic heterocycles. The molecule has 0 aliphatic carbocycles. The molecule has 1 atom stereocenters. The molecule has 0 N–H and O–H groups in total. The quantitative estimate of drug-likeness (QED) is 0.256. The lowest BCUT2D eigenvalue weighted by atomic mass is 9.94. The first-order valence-corrected chi connectivity index (χ1v) is 12.0. The third-order valence-electron chi connectivity index (χ3n) is 6.11. The maximum absolute atomic E-state index is 13.1. The van der Waals surface area contributed by atoms with E-state index in [0.29, 0.717) is 23.2 Å². The van der Waals surface area contributed by atoms with Crippen LogP contribution in [-0.2, 0) is 11.3 Å². The molecule has 5 rings (SSSR count). The minimum Gasteiger partial charge on any atom is -0.383 e. The molecule has 0 aliphatic rings. The molecule has 0 fully saturated rings. The van der Waals surface area contributed by atoms with Crippen molar-refractivity contribution in [3.63, 3.8) is 0 Å². The van der Waals surface area contributed by atoms with Gasteiger partial charge in [-0.15, -0.1) is 0 Å². The number of fused-ring (bicyclic) bond motifs is 1. The Balaban J connectivity index is 1.76. The van der Waals surface area contributed by atoms with Crippen LogP contribution >= 0.6 is 23.2 Å². The van der Waals surface area contributed by atoms with Gasteiger partial charge in [0, 0.05) is 47.5 Å². The van der Waals surface area contributed by atoms with Gasteiger partial charge in [0.25, 0.3) is 5.56 Å². The number of imidazole rings is 1. The van der Waals surface area contributed by atoms with Crippen molar-refractivity contribution < 1.29 is 4.74 Å². The Morgan fingerprint density at radius 1 is 0.943 bits per heavy atom. The molecule has 176 valence electrons. The van der Waals surface area contributed by atoms with E-state index < -0.39 is 0 Å². The molecule has 0 saturated heterocycles. The lowest BCUT2D eigenvalue weighted by molar-refractivity contribution is 0.187. The number of hydrogen-bond acceptors (Lipinski definition) is 3. The number of halogens is 2. The van der Waals surface area contributed by atoms with Gasteiger partial charge in [0.1, 0.15) is 0 Å². The summed E-state index contributed by atoms with van der Waals surface area (Å²) in [6.45, 7) is 0.902. The molecule has 2 heterocycles. The highest BCUT2D eigenvalue weighted by Crippen LogP contribution is 2.34. The monoisotopic (exact) mass is 503 g/mol. The number of rotatable bonds is 7. The SMILES string of the molecule is COCCn1c(=O)cc(-c2cccc(Cl)c2)c2cc(C(c3ccc(Cl)cc3)n3ccnc3)ccc21. The molecule has 0 amide bonds. The number of benzene rings is 3. The van der Waals surface area contributed by atoms with Gasteiger partial charge in [-0.05, 0) is 58.7 Å². The summed E-state index contributed by atoms with van der Waals surface area (Å²) in [7, 11) is 1.63. The fraction of sp³-hybridized carbons (Fsp3) is 0.143. The van der Waals surface area contributed by atoms with Gasteiger partial charge in [0.2, 0.25) is 0 Å². The van der Waals surface area contributed by atoms with Crippen LogP contribution in [0.3, 0.4) is 0 Å². The van der Waals surface area contributed by atoms with Crippen molar-refractivity contribution in [2.24, 2.45) is 0 Å². The smallest absolute Gasteiger partial charge is 0.251 e. The Kier molecular flexibility index (Phi) is 6.73. The number of methoxy groups -OCH3 is 1. The molecule has 0 bridgehead atoms. The summed E-state index contributed by atoms with van der Waals surface area (Å²) in [4.78, 5) is 17.4. The summed E-state index contributed by atoms with van der Waals surface area (Å²) in [6.07, 6.45) is 5.52. The summed E-state index contributed by atoms with van der Waals surface area (Å²) in [5.41, 5.74) is 4.61. The van der Waals surface area contributed by atoms with E-state index >= 15 is 0 Å². The topological polar surface area (TPSA) is 49.0 Å². The molecule has 5 nitrogen and oxygen atoms in total. The van der Waals surface area contributed by atoms with Gasteiger partial charge >= 0.3 is 0 Å². The van der Waals surface area contributed by atoms with Crippen LogP contribution in [0.15, 0.2) is 96.3 Å². The lowest BCUT2D eigenvalue weighted by Crippen LogP contribution is -2.22. The zero-order chi connectivity index (χ0) is 24.4. The molecule has 0 spiro atoms. The summed E-state index contributed by atoms with van der Waals surface area (Å²) in [6, 6.07) is 23.2. The Hall–Kier alpha value is -3.38. The minimum absolute atomic E-state index is 0.0823. The number of pyridine rings is 1. The van der Waals surface area contributed by atoms with E-state index in [-0.39, 0.29) is 11.6 Å². The van der Waals surface area contributed by atoms with Gasteiger partial charge in [-0.2, -0.15) is 0 Å². The van der Waals surface area contributed by atoms with E-state index in [9.17, 15) is 4.79 Å². The van der Waals surface area contributed by atoms with Crippen molar-refractivity contribution in [3.05, 3.63) is 123 Å². The molecule has 0 saturated carbocycles. The van der Waals surface area contributed by atoms with Crippen molar-refractivity contribution in [2.45, 2.75) is 12.6 Å². The second-order valence-electron chi connectivity index (χ2n) is 8.29. The first kappa shape index (κ1) is 23.4. The first-order valence-electron chi connectivity index (χ1n) is 11.2. The van der Waals surface area contributed by atoms with Gasteiger partial charge in [-0.3, -0.25) is 4.79 Å². The fourth-order valence-electron chi connectivity index (χ4n) is 4.48. The van der Waals surface area contributed by atoms with Crippen LogP contribution in [0.2, 0.25) is 10.0 Å². The molecule has 0 radical (unpaired) electrons. The lowest BCUT2D eigenvalue weighted by Gasteiger charge is -2.22. The summed E-state index contributed by atoms with van der Waals surface area (Å²) < 4.78 is 9.08. The summed E-state index contributed by atoms with van der Waals surface area (Å²) in [5, 5.41) is 2.26. The van der Waals surface area contributed by atoms with Crippen LogP contribution in [0.5, 0.6) is 0 Å². The number of nitrogens with zero attached hydrogens (tertiary/aromatic N) is 3. The van der Waals surface area contributed by atoms with E-state index in [4.69, 9.17) is 27.9 Å². The van der Waals surface area contributed by atoms with Gasteiger partial charge in [-0.1, -0.05) is 53.5 Å². The zero-order valence-electron chi connectivity index (χ0n) is 19.1. The van der Waals surface area contributed by atoms with Crippen molar-refractivity contribution >= 4 is 34.1 Å². The third kappa shape index (κ3) is 4.76. The molecule has 35 heavy (non-hydrogen) atoms. The summed E-state index contributed by atoms with van der Waals surface area (Å²) >= 11 is 12.5. The van der Waals surface area contributed by atoms with Gasteiger partial charge in [-0.25, -0.2) is 4.98 Å². The number of hydrogen-bond donors (Lipinski definition) is 0. The van der Waals surface area contributed by atoms with Crippen LogP contribution in [0.4, 0.5) is 0 Å². The third-order valence-corrected chi connectivity index (χ3v) is 6.60. The van der Waals surface area contributed by atoms with Crippen molar-refractivity contribution in [2.75, 3.05) is 13.7 Å². The highest BCUT2D eigenvalue weighted by molar-refractivity contribution is 6.31. The maximum Gasteiger partial charge on any atom is 0.251 e. The van der Waals surface area contributed by atoms with Crippen LogP contribution in [-0.4, -0.2) is 27.8 Å². The molecule has 7 heteroatoms. The van der Waals surface area contributed by atoms with Crippen LogP contribution in [0.1, 0.15) is 17.2 Å². The predicted molar refractivity (Wildman–Crippen MR) is 141 cm³/mol. The normalized spacial score (nSPS) is 12.2. The average Bonchev–Trinajstić information content (AvgIpc) is 3.39. The van der Waals surface area contributed by atoms with E-state index in [2.05, 4.69) is 21.7 Å². The second kappa shape index (κ2) is 10.1. The van der Waals surface area contributed by atoms with Crippen LogP contribution in [0, 0.1) is 0 Å². The average molecular weight is 504 g/mol. The number of ether oxygens (including phenoxy) is 1. The molecular weight excluding hydrogens is 481 g/mol. The van der Waals surface area contributed by atoms with Crippen molar-refractivity contribution in [1.82, 2.24) is 14.1 Å². The van der Waals surface area contributed by atoms with E-state index in [1.54, 1.807) is 30.3 Å². The van der Waals surface area contributed by atoms with Gasteiger partial charge in [0.15, 0.2) is 0 Å². The highest BCUT2D eigenvalue weighted by Gasteiger charge is 2.19. The second-order valence-corrected chi connectivity index (χ2v) is 9.16. The highest BCUT2D eigenvalue weighted by atomic mass is 35.5. The van der Waals surface area contributed by atoms with Crippen LogP contribution < -0.4 is 5.56 Å². The van der Waals surface area contributed by atoms with Crippen molar-refractivity contribution in [1.29, 1.82) is 0 Å². The largest absolute Gasteiger partial charge is 0.383 e. The molecule has 1 unspecified atom stereocenters. The van der Waals surface area contributed by atoms with Crippen molar-refractivity contribution in [3.8, 4) is 11.1 Å². The predicted octanol–water partition coefficient (Wildman–Crippen LogP) is 6.46. The fourth-order valence-corrected chi connectivity index (χ4v) is 4.80. The standard InChI is InChI=1S/C28H23Cl2N3O2/c1-35-14-13-33-26-10-7-21(28(32-12-11-31-18-32)19-5-8-22(29)9-6-19)16-25(26)24(17-27(33)34)20-3-2-4-23(30)15-20/h2-12,15-18,28H,13-14H2,1H3. The Bertz CT molecular complexity index is 1530. The maximum atomic E-state index is 13.1. The van der Waals surface area contributed by atoms with E-state index in [0.717, 1.165) is 33.2 Å². The Morgan fingerprint density at radius 3 is 2.46 bits per heavy atom. The summed E-state index contributed by atoms with van der Waals surface area (Å²) in [5.74, 6) is 0. The molecular formula is C28H23Cl2N3O2. The number of aromatic nitrogens is 3. The zero-order valence-corrected chi connectivity index (χ0v) is 20.6. The van der Waals surface area contributed by atoms with E-state index in [1.165, 1.54) is 0 Å². The molecule has 0 aliphatic heterocycles. The van der Waals surface area contributed by atoms with Crippen LogP contribution in [0.25, 0.3) is 22.0 Å². The minimum atomic E-state index is -0.120. The van der Waals surface area contributed by atoms with E-state index in [1.807, 2.05) is 60.8 Å². The molecule has 3 aromatic carbocycles. The van der Waals surface area contributed by atoms with Gasteiger partial charge in [0.05, 0.1) is 24.5 Å².